The highest BCUT2D eigenvalue weighted by molar-refractivity contribution is 7.89. The Bertz CT molecular complexity index is 1080. The Hall–Kier alpha value is -2.44. The van der Waals surface area contributed by atoms with E-state index in [9.17, 15) is 13.2 Å². The predicted molar refractivity (Wildman–Crippen MR) is 116 cm³/mol. The average molecular weight is 426 g/mol. The van der Waals surface area contributed by atoms with Crippen LogP contribution in [0.3, 0.4) is 0 Å². The Balaban J connectivity index is 1.69. The Morgan fingerprint density at radius 2 is 1.77 bits per heavy atom. The maximum absolute atomic E-state index is 13.2. The zero-order valence-electron chi connectivity index (χ0n) is 17.5. The van der Waals surface area contributed by atoms with Gasteiger partial charge in [0.05, 0.1) is 17.9 Å². The molecule has 2 aromatic carbocycles. The van der Waals surface area contributed by atoms with Crippen LogP contribution in [0.5, 0.6) is 0 Å². The topological polar surface area (TPSA) is 63.7 Å². The molecule has 1 heterocycles. The van der Waals surface area contributed by atoms with Gasteiger partial charge in [-0.1, -0.05) is 61.0 Å². The zero-order valence-corrected chi connectivity index (χ0v) is 18.4. The van der Waals surface area contributed by atoms with E-state index in [2.05, 4.69) is 13.0 Å². The van der Waals surface area contributed by atoms with Crippen molar-refractivity contribution in [3.8, 4) is 0 Å². The summed E-state index contributed by atoms with van der Waals surface area (Å²) in [5.74, 6) is -0.727. The van der Waals surface area contributed by atoms with E-state index in [1.807, 2.05) is 49.4 Å². The van der Waals surface area contributed by atoms with Crippen LogP contribution < -0.4 is 0 Å². The number of hydrogen-bond acceptors (Lipinski definition) is 4. The standard InChI is InChI=1S/C24H27NO4S/c1-17-9-11-20(12-10-17)30(27,28)25-14-13-24(2)19(16-25)15-21(22(24)23(26)29-3)18-7-5-4-6-8-18/h4-12,15,19,22H,13-14,16H2,1-3H3/t19-,22-,24+/m1/s1. The number of benzene rings is 2. The minimum Gasteiger partial charge on any atom is -0.469 e. The molecule has 0 N–H and O–H groups in total. The van der Waals surface area contributed by atoms with Gasteiger partial charge in [-0.25, -0.2) is 8.42 Å². The normalized spacial score (nSPS) is 26.7. The molecule has 5 nitrogen and oxygen atoms in total. The van der Waals surface area contributed by atoms with E-state index < -0.39 is 15.9 Å². The van der Waals surface area contributed by atoms with Gasteiger partial charge in [0.1, 0.15) is 0 Å². The number of esters is 1. The number of nitrogens with zero attached hydrogens (tertiary/aromatic N) is 1. The van der Waals surface area contributed by atoms with Crippen LogP contribution in [-0.4, -0.2) is 38.9 Å². The fourth-order valence-electron chi connectivity index (χ4n) is 4.83. The highest BCUT2D eigenvalue weighted by Gasteiger charge is 2.54. The van der Waals surface area contributed by atoms with Gasteiger partial charge in [-0.3, -0.25) is 4.79 Å². The van der Waals surface area contributed by atoms with Crippen LogP contribution in [0.15, 0.2) is 65.6 Å². The van der Waals surface area contributed by atoms with Gasteiger partial charge in [-0.2, -0.15) is 4.31 Å². The van der Waals surface area contributed by atoms with E-state index >= 15 is 0 Å². The molecule has 1 aliphatic carbocycles. The number of fused-ring (bicyclic) bond motifs is 1. The molecule has 0 aromatic heterocycles. The molecule has 1 aliphatic heterocycles. The van der Waals surface area contributed by atoms with E-state index in [-0.39, 0.29) is 17.3 Å². The summed E-state index contributed by atoms with van der Waals surface area (Å²) in [5.41, 5.74) is 2.56. The Kier molecular flexibility index (Phi) is 5.32. The molecule has 0 saturated carbocycles. The van der Waals surface area contributed by atoms with E-state index in [0.29, 0.717) is 24.4 Å². The lowest BCUT2D eigenvalue weighted by atomic mass is 9.67. The molecular formula is C24H27NO4S. The van der Waals surface area contributed by atoms with Gasteiger partial charge in [0.2, 0.25) is 10.0 Å². The molecule has 2 aliphatic rings. The van der Waals surface area contributed by atoms with Gasteiger partial charge < -0.3 is 4.74 Å². The van der Waals surface area contributed by atoms with Crippen molar-refractivity contribution in [3.05, 3.63) is 71.8 Å². The van der Waals surface area contributed by atoms with Gasteiger partial charge in [0.15, 0.2) is 0 Å². The fourth-order valence-corrected chi connectivity index (χ4v) is 6.29. The second-order valence-electron chi connectivity index (χ2n) is 8.48. The summed E-state index contributed by atoms with van der Waals surface area (Å²) in [6.07, 6.45) is 2.68. The molecule has 30 heavy (non-hydrogen) atoms. The molecular weight excluding hydrogens is 398 g/mol. The highest BCUT2D eigenvalue weighted by atomic mass is 32.2. The molecule has 1 fully saturated rings. The van der Waals surface area contributed by atoms with Crippen molar-refractivity contribution in [3.63, 3.8) is 0 Å². The zero-order chi connectivity index (χ0) is 21.5. The fraction of sp³-hybridized carbons (Fsp3) is 0.375. The van der Waals surface area contributed by atoms with Crippen LogP contribution in [0, 0.1) is 24.2 Å². The Labute approximate surface area is 178 Å². The quantitative estimate of drug-likeness (QED) is 0.697. The van der Waals surface area contributed by atoms with Gasteiger partial charge in [-0.15, -0.1) is 0 Å². The lowest BCUT2D eigenvalue weighted by Crippen LogP contribution is -2.49. The van der Waals surface area contributed by atoms with Crippen molar-refractivity contribution in [1.29, 1.82) is 0 Å². The van der Waals surface area contributed by atoms with Crippen molar-refractivity contribution < 1.29 is 17.9 Å². The second-order valence-corrected chi connectivity index (χ2v) is 10.4. The van der Waals surface area contributed by atoms with E-state index in [1.54, 1.807) is 16.4 Å². The molecule has 0 radical (unpaired) electrons. The SMILES string of the molecule is COC(=O)[C@H]1C(c2ccccc2)=C[C@@H]2CN(S(=O)(=O)c3ccc(C)cc3)CC[C@]12C. The smallest absolute Gasteiger partial charge is 0.313 e. The number of sulfonamides is 1. The Morgan fingerprint density at radius 3 is 2.40 bits per heavy atom. The van der Waals surface area contributed by atoms with Gasteiger partial charge in [0.25, 0.3) is 0 Å². The first-order valence-electron chi connectivity index (χ1n) is 10.2. The Morgan fingerprint density at radius 1 is 1.10 bits per heavy atom. The summed E-state index contributed by atoms with van der Waals surface area (Å²) in [6, 6.07) is 16.8. The molecule has 0 bridgehead atoms. The molecule has 6 heteroatoms. The monoisotopic (exact) mass is 425 g/mol. The third-order valence-electron chi connectivity index (χ3n) is 6.70. The van der Waals surface area contributed by atoms with Crippen molar-refractivity contribution in [1.82, 2.24) is 4.31 Å². The van der Waals surface area contributed by atoms with Crippen LogP contribution in [0.2, 0.25) is 0 Å². The minimum absolute atomic E-state index is 0.0641. The molecule has 4 rings (SSSR count). The maximum atomic E-state index is 13.2. The number of hydrogen-bond donors (Lipinski definition) is 0. The van der Waals surface area contributed by atoms with E-state index in [0.717, 1.165) is 16.7 Å². The number of piperidine rings is 1. The van der Waals surface area contributed by atoms with Crippen molar-refractivity contribution in [2.24, 2.45) is 17.3 Å². The number of rotatable bonds is 4. The maximum Gasteiger partial charge on any atom is 0.313 e. The summed E-state index contributed by atoms with van der Waals surface area (Å²) in [6.45, 7) is 4.76. The van der Waals surface area contributed by atoms with Crippen molar-refractivity contribution >= 4 is 21.6 Å². The summed E-state index contributed by atoms with van der Waals surface area (Å²) >= 11 is 0. The predicted octanol–water partition coefficient (Wildman–Crippen LogP) is 3.90. The number of ether oxygens (including phenoxy) is 1. The van der Waals surface area contributed by atoms with E-state index in [4.69, 9.17) is 4.74 Å². The first kappa shape index (κ1) is 20.8. The summed E-state index contributed by atoms with van der Waals surface area (Å²) < 4.78 is 33.2. The number of carbonyl (C=O) groups is 1. The minimum atomic E-state index is -3.58. The van der Waals surface area contributed by atoms with Crippen LogP contribution >= 0.6 is 0 Å². The highest BCUT2D eigenvalue weighted by Crippen LogP contribution is 2.55. The van der Waals surface area contributed by atoms with Crippen LogP contribution in [0.1, 0.15) is 24.5 Å². The lowest BCUT2D eigenvalue weighted by Gasteiger charge is -2.44. The van der Waals surface area contributed by atoms with Crippen LogP contribution in [0.25, 0.3) is 5.57 Å². The van der Waals surface area contributed by atoms with E-state index in [1.165, 1.54) is 7.11 Å². The average Bonchev–Trinajstić information content (AvgIpc) is 3.06. The number of carbonyl (C=O) groups excluding carboxylic acids is 1. The van der Waals surface area contributed by atoms with Crippen molar-refractivity contribution in [2.45, 2.75) is 25.2 Å². The summed E-state index contributed by atoms with van der Waals surface area (Å²) in [5, 5.41) is 0. The number of aryl methyl sites for hydroxylation is 1. The third-order valence-corrected chi connectivity index (χ3v) is 8.58. The first-order chi connectivity index (χ1) is 14.3. The van der Waals surface area contributed by atoms with Gasteiger partial charge in [-0.05, 0) is 47.9 Å². The lowest BCUT2D eigenvalue weighted by molar-refractivity contribution is -0.148. The number of methoxy groups -OCH3 is 1. The summed E-state index contributed by atoms with van der Waals surface area (Å²) in [4.78, 5) is 13.1. The second kappa shape index (κ2) is 7.67. The largest absolute Gasteiger partial charge is 0.469 e. The van der Waals surface area contributed by atoms with Crippen molar-refractivity contribution in [2.75, 3.05) is 20.2 Å². The molecule has 3 atom stereocenters. The first-order valence-corrected chi connectivity index (χ1v) is 11.6. The van der Waals surface area contributed by atoms with Crippen LogP contribution in [-0.2, 0) is 19.6 Å². The molecule has 0 unspecified atom stereocenters. The van der Waals surface area contributed by atoms with Crippen LogP contribution in [0.4, 0.5) is 0 Å². The molecule has 158 valence electrons. The molecule has 2 aromatic rings. The van der Waals surface area contributed by atoms with Gasteiger partial charge >= 0.3 is 5.97 Å². The molecule has 0 spiro atoms. The molecule has 0 amide bonds. The molecule has 1 saturated heterocycles. The van der Waals surface area contributed by atoms with Gasteiger partial charge in [0, 0.05) is 13.1 Å². The third kappa shape index (κ3) is 3.38. The summed E-state index contributed by atoms with van der Waals surface area (Å²) in [7, 11) is -2.17.